The van der Waals surface area contributed by atoms with Crippen LogP contribution >= 0.6 is 11.6 Å². The Balaban J connectivity index is 2.21. The van der Waals surface area contributed by atoms with Crippen LogP contribution in [0.1, 0.15) is 37.3 Å². The summed E-state index contributed by atoms with van der Waals surface area (Å²) >= 11 is 5.77. The Kier molecular flexibility index (Phi) is 4.72. The molecule has 0 aliphatic heterocycles. The lowest BCUT2D eigenvalue weighted by atomic mass is 9.81. The molecule has 2 N–H and O–H groups in total. The van der Waals surface area contributed by atoms with Crippen LogP contribution in [-0.4, -0.2) is 19.9 Å². The van der Waals surface area contributed by atoms with Gasteiger partial charge in [0.1, 0.15) is 15.7 Å². The van der Waals surface area contributed by atoms with Gasteiger partial charge in [-0.2, -0.15) is 0 Å². The second-order valence-electron chi connectivity index (χ2n) is 5.55. The molecule has 0 radical (unpaired) electrons. The zero-order valence-electron chi connectivity index (χ0n) is 11.4. The molecule has 0 heterocycles. The molecule has 0 aromatic heterocycles. The number of halogens is 2. The number of hydrogen-bond acceptors (Lipinski definition) is 3. The molecule has 2 rings (SSSR count). The van der Waals surface area contributed by atoms with E-state index in [0.717, 1.165) is 12.8 Å². The van der Waals surface area contributed by atoms with E-state index in [1.807, 2.05) is 0 Å². The first-order valence-electron chi connectivity index (χ1n) is 6.69. The van der Waals surface area contributed by atoms with Gasteiger partial charge in [0.25, 0.3) is 0 Å². The Morgan fingerprint density at radius 2 is 2.10 bits per heavy atom. The number of benzene rings is 1. The quantitative estimate of drug-likeness (QED) is 0.931. The van der Waals surface area contributed by atoms with Crippen LogP contribution in [0.15, 0.2) is 18.2 Å². The highest BCUT2D eigenvalue weighted by molar-refractivity contribution is 7.91. The third-order valence-corrected chi connectivity index (χ3v) is 6.05. The molecule has 3 unspecified atom stereocenters. The van der Waals surface area contributed by atoms with Crippen LogP contribution in [0.2, 0.25) is 5.02 Å². The van der Waals surface area contributed by atoms with E-state index in [2.05, 4.69) is 0 Å². The third kappa shape index (κ3) is 3.32. The van der Waals surface area contributed by atoms with E-state index in [4.69, 9.17) is 17.3 Å². The Bertz CT molecular complexity index is 591. The molecule has 3 nitrogen and oxygen atoms in total. The summed E-state index contributed by atoms with van der Waals surface area (Å²) in [5.74, 6) is -0.528. The Hall–Kier alpha value is -0.650. The van der Waals surface area contributed by atoms with E-state index in [-0.39, 0.29) is 16.2 Å². The SMILES string of the molecule is CS(=O)(=O)C1CCCC(C(N)c2cccc(Cl)c2F)C1. The van der Waals surface area contributed by atoms with Crippen molar-refractivity contribution < 1.29 is 12.8 Å². The van der Waals surface area contributed by atoms with Crippen LogP contribution in [0.25, 0.3) is 0 Å². The van der Waals surface area contributed by atoms with Crippen molar-refractivity contribution >= 4 is 21.4 Å². The van der Waals surface area contributed by atoms with Gasteiger partial charge in [0.2, 0.25) is 0 Å². The van der Waals surface area contributed by atoms with Crippen LogP contribution in [0, 0.1) is 11.7 Å². The van der Waals surface area contributed by atoms with Crippen molar-refractivity contribution in [3.63, 3.8) is 0 Å². The summed E-state index contributed by atoms with van der Waals surface area (Å²) in [6, 6.07) is 4.25. The summed E-state index contributed by atoms with van der Waals surface area (Å²) in [7, 11) is -3.07. The number of hydrogen-bond donors (Lipinski definition) is 1. The molecule has 3 atom stereocenters. The van der Waals surface area contributed by atoms with Crippen LogP contribution in [0.4, 0.5) is 4.39 Å². The van der Waals surface area contributed by atoms with E-state index in [1.165, 1.54) is 12.3 Å². The molecule has 112 valence electrons. The highest BCUT2D eigenvalue weighted by atomic mass is 35.5. The maximum Gasteiger partial charge on any atom is 0.150 e. The van der Waals surface area contributed by atoms with Gasteiger partial charge in [0.15, 0.2) is 0 Å². The molecule has 0 bridgehead atoms. The Labute approximate surface area is 124 Å². The maximum atomic E-state index is 14.0. The largest absolute Gasteiger partial charge is 0.324 e. The first kappa shape index (κ1) is 15.7. The third-order valence-electron chi connectivity index (χ3n) is 4.12. The first-order valence-corrected chi connectivity index (χ1v) is 9.02. The summed E-state index contributed by atoms with van der Waals surface area (Å²) < 4.78 is 37.4. The lowest BCUT2D eigenvalue weighted by Crippen LogP contribution is -2.33. The molecular weight excluding hydrogens is 301 g/mol. The molecule has 1 aromatic rings. The lowest BCUT2D eigenvalue weighted by molar-refractivity contribution is 0.304. The molecular formula is C14H19ClFNO2S. The van der Waals surface area contributed by atoms with Crippen molar-refractivity contribution in [3.8, 4) is 0 Å². The van der Waals surface area contributed by atoms with Crippen molar-refractivity contribution in [1.82, 2.24) is 0 Å². The van der Waals surface area contributed by atoms with Crippen molar-refractivity contribution in [3.05, 3.63) is 34.6 Å². The molecule has 1 saturated carbocycles. The smallest absolute Gasteiger partial charge is 0.150 e. The van der Waals surface area contributed by atoms with Crippen molar-refractivity contribution in [1.29, 1.82) is 0 Å². The van der Waals surface area contributed by atoms with Gasteiger partial charge in [0.05, 0.1) is 10.3 Å². The van der Waals surface area contributed by atoms with Gasteiger partial charge >= 0.3 is 0 Å². The van der Waals surface area contributed by atoms with Gasteiger partial charge in [-0.05, 0) is 31.2 Å². The van der Waals surface area contributed by atoms with Gasteiger partial charge in [-0.1, -0.05) is 30.2 Å². The second kappa shape index (κ2) is 6.00. The minimum Gasteiger partial charge on any atom is -0.324 e. The van der Waals surface area contributed by atoms with Crippen LogP contribution in [0.3, 0.4) is 0 Å². The monoisotopic (exact) mass is 319 g/mol. The summed E-state index contributed by atoms with van der Waals surface area (Å²) in [4.78, 5) is 0. The minimum absolute atomic E-state index is 0.0311. The molecule has 20 heavy (non-hydrogen) atoms. The van der Waals surface area contributed by atoms with Crippen LogP contribution < -0.4 is 5.73 Å². The average Bonchev–Trinajstić information content (AvgIpc) is 2.40. The van der Waals surface area contributed by atoms with Gasteiger partial charge in [0, 0.05) is 17.9 Å². The molecule has 0 spiro atoms. The maximum absolute atomic E-state index is 14.0. The molecule has 1 fully saturated rings. The zero-order chi connectivity index (χ0) is 14.9. The molecule has 1 aromatic carbocycles. The lowest BCUT2D eigenvalue weighted by Gasteiger charge is -2.32. The average molecular weight is 320 g/mol. The first-order chi connectivity index (χ1) is 9.30. The van der Waals surface area contributed by atoms with E-state index in [0.29, 0.717) is 18.4 Å². The molecule has 0 saturated heterocycles. The number of sulfone groups is 1. The predicted octanol–water partition coefficient (Wildman–Crippen LogP) is 3.08. The van der Waals surface area contributed by atoms with Crippen LogP contribution in [-0.2, 0) is 9.84 Å². The summed E-state index contributed by atoms with van der Waals surface area (Å²) in [6.07, 6.45) is 4.04. The van der Waals surface area contributed by atoms with E-state index >= 15 is 0 Å². The fourth-order valence-corrected chi connectivity index (χ4v) is 4.30. The molecule has 1 aliphatic carbocycles. The van der Waals surface area contributed by atoms with Crippen molar-refractivity contribution in [2.75, 3.05) is 6.26 Å². The van der Waals surface area contributed by atoms with Crippen LogP contribution in [0.5, 0.6) is 0 Å². The van der Waals surface area contributed by atoms with Gasteiger partial charge in [-0.25, -0.2) is 12.8 Å². The van der Waals surface area contributed by atoms with E-state index in [9.17, 15) is 12.8 Å². The molecule has 1 aliphatic rings. The normalized spacial score (nSPS) is 25.4. The highest BCUT2D eigenvalue weighted by Gasteiger charge is 2.33. The fraction of sp³-hybridized carbons (Fsp3) is 0.571. The molecule has 0 amide bonds. The van der Waals surface area contributed by atoms with Gasteiger partial charge < -0.3 is 5.73 Å². The second-order valence-corrected chi connectivity index (χ2v) is 8.28. The number of rotatable bonds is 3. The standard InChI is InChI=1S/C14H19ClFNO2S/c1-20(18,19)10-5-2-4-9(8-10)14(17)11-6-3-7-12(15)13(11)16/h3,6-7,9-10,14H,2,4-5,8,17H2,1H3. The zero-order valence-corrected chi connectivity index (χ0v) is 12.9. The van der Waals surface area contributed by atoms with Crippen molar-refractivity contribution in [2.24, 2.45) is 11.7 Å². The number of nitrogens with two attached hydrogens (primary N) is 1. The topological polar surface area (TPSA) is 60.2 Å². The summed E-state index contributed by atoms with van der Waals surface area (Å²) in [5.41, 5.74) is 6.52. The van der Waals surface area contributed by atoms with E-state index < -0.39 is 21.7 Å². The van der Waals surface area contributed by atoms with Crippen molar-refractivity contribution in [2.45, 2.75) is 37.0 Å². The summed E-state index contributed by atoms with van der Waals surface area (Å²) in [5, 5.41) is -0.317. The molecule has 6 heteroatoms. The summed E-state index contributed by atoms with van der Waals surface area (Å²) in [6.45, 7) is 0. The Morgan fingerprint density at radius 3 is 2.75 bits per heavy atom. The minimum atomic E-state index is -3.07. The van der Waals surface area contributed by atoms with Gasteiger partial charge in [-0.3, -0.25) is 0 Å². The fourth-order valence-electron chi connectivity index (χ4n) is 2.93. The highest BCUT2D eigenvalue weighted by Crippen LogP contribution is 2.37. The van der Waals surface area contributed by atoms with Gasteiger partial charge in [-0.15, -0.1) is 0 Å². The predicted molar refractivity (Wildman–Crippen MR) is 78.9 cm³/mol. The van der Waals surface area contributed by atoms with E-state index in [1.54, 1.807) is 12.1 Å². The Morgan fingerprint density at radius 1 is 1.40 bits per heavy atom.